The van der Waals surface area contributed by atoms with Gasteiger partial charge in [-0.15, -0.1) is 0 Å². The van der Waals surface area contributed by atoms with Crippen LogP contribution in [0.4, 0.5) is 5.69 Å². The number of hydrogen-bond donors (Lipinski definition) is 0. The van der Waals surface area contributed by atoms with Gasteiger partial charge in [-0.05, 0) is 13.0 Å². The Balaban J connectivity index is 2.22. The average Bonchev–Trinajstić information content (AvgIpc) is 2.77. The molecule has 0 fully saturated rings. The van der Waals surface area contributed by atoms with Gasteiger partial charge in [0.05, 0.1) is 24.2 Å². The summed E-state index contributed by atoms with van der Waals surface area (Å²) in [5.74, 6) is 0.0187. The molecule has 1 amide bonds. The summed E-state index contributed by atoms with van der Waals surface area (Å²) in [4.78, 5) is 18.2. The van der Waals surface area contributed by atoms with E-state index in [1.807, 2.05) is 35.8 Å². The predicted molar refractivity (Wildman–Crippen MR) is 72.2 cm³/mol. The molecule has 0 unspecified atom stereocenters. The summed E-state index contributed by atoms with van der Waals surface area (Å²) in [6.45, 7) is 2.68. The van der Waals surface area contributed by atoms with Crippen LogP contribution in [0, 0.1) is 0 Å². The summed E-state index contributed by atoms with van der Waals surface area (Å²) in [5.41, 5.74) is 2.81. The van der Waals surface area contributed by atoms with Gasteiger partial charge >= 0.3 is 0 Å². The number of anilines is 1. The van der Waals surface area contributed by atoms with E-state index in [0.29, 0.717) is 12.6 Å². The normalized spacial score (nSPS) is 13.8. The summed E-state index contributed by atoms with van der Waals surface area (Å²) >= 11 is 0. The molecule has 5 heteroatoms. The average molecular weight is 257 g/mol. The largest absolute Gasteiger partial charge is 0.465 e. The van der Waals surface area contributed by atoms with Crippen molar-refractivity contribution < 1.29 is 9.53 Å². The van der Waals surface area contributed by atoms with E-state index in [2.05, 4.69) is 4.98 Å². The van der Waals surface area contributed by atoms with E-state index < -0.39 is 0 Å². The van der Waals surface area contributed by atoms with Crippen molar-refractivity contribution in [2.45, 2.75) is 13.5 Å². The third-order valence-corrected chi connectivity index (χ3v) is 3.30. The number of carbonyl (C=O) groups is 1. The Morgan fingerprint density at radius 1 is 1.37 bits per heavy atom. The van der Waals surface area contributed by atoms with E-state index in [4.69, 9.17) is 4.74 Å². The van der Waals surface area contributed by atoms with E-state index in [0.717, 1.165) is 16.9 Å². The Bertz CT molecular complexity index is 633. The first-order valence-corrected chi connectivity index (χ1v) is 6.26. The predicted octanol–water partition coefficient (Wildman–Crippen LogP) is 1.93. The maximum atomic E-state index is 12.2. The van der Waals surface area contributed by atoms with Crippen molar-refractivity contribution in [3.63, 3.8) is 0 Å². The van der Waals surface area contributed by atoms with Gasteiger partial charge in [-0.3, -0.25) is 9.36 Å². The number of fused-ring (bicyclic) bond motifs is 3. The highest BCUT2D eigenvalue weighted by Crippen LogP contribution is 2.35. The Morgan fingerprint density at radius 2 is 2.16 bits per heavy atom. The highest BCUT2D eigenvalue weighted by atomic mass is 16.5. The molecule has 1 aliphatic heterocycles. The molecule has 0 bridgehead atoms. The van der Waals surface area contributed by atoms with Gasteiger partial charge in [0.25, 0.3) is 6.01 Å². The zero-order valence-corrected chi connectivity index (χ0v) is 11.0. The first kappa shape index (κ1) is 11.8. The van der Waals surface area contributed by atoms with Crippen molar-refractivity contribution in [3.8, 4) is 17.3 Å². The van der Waals surface area contributed by atoms with Crippen molar-refractivity contribution in [3.05, 3.63) is 30.5 Å². The SMILES string of the molecule is CCOc1ncc2n1CC(=O)N(C)c1ccccc1-2. The number of amides is 1. The maximum absolute atomic E-state index is 12.2. The molecule has 2 aromatic rings. The second-order valence-electron chi connectivity index (χ2n) is 4.42. The molecule has 1 aromatic heterocycles. The molecule has 0 spiro atoms. The fourth-order valence-corrected chi connectivity index (χ4v) is 2.33. The summed E-state index contributed by atoms with van der Waals surface area (Å²) in [6.07, 6.45) is 1.76. The van der Waals surface area contributed by atoms with E-state index in [1.165, 1.54) is 0 Å². The van der Waals surface area contributed by atoms with Gasteiger partial charge in [0.1, 0.15) is 6.54 Å². The van der Waals surface area contributed by atoms with Crippen LogP contribution in [0.2, 0.25) is 0 Å². The standard InChI is InChI=1S/C14H15N3O2/c1-3-19-14-15-8-12-10-6-4-5-7-11(10)16(2)13(18)9-17(12)14/h4-8H,3,9H2,1-2H3. The van der Waals surface area contributed by atoms with Gasteiger partial charge in [-0.1, -0.05) is 18.2 Å². The molecule has 2 heterocycles. The molecule has 1 aliphatic rings. The lowest BCUT2D eigenvalue weighted by atomic mass is 10.1. The second kappa shape index (κ2) is 4.42. The zero-order chi connectivity index (χ0) is 13.4. The molecule has 0 radical (unpaired) electrons. The molecule has 0 N–H and O–H groups in total. The number of imidazole rings is 1. The van der Waals surface area contributed by atoms with Gasteiger partial charge in [-0.25, -0.2) is 4.98 Å². The minimum Gasteiger partial charge on any atom is -0.465 e. The molecular weight excluding hydrogens is 242 g/mol. The van der Waals surface area contributed by atoms with Gasteiger partial charge in [0, 0.05) is 12.6 Å². The monoisotopic (exact) mass is 257 g/mol. The van der Waals surface area contributed by atoms with Crippen molar-refractivity contribution in [2.24, 2.45) is 0 Å². The zero-order valence-electron chi connectivity index (χ0n) is 11.0. The Labute approximate surface area is 111 Å². The highest BCUT2D eigenvalue weighted by molar-refractivity contribution is 5.99. The quantitative estimate of drug-likeness (QED) is 0.825. The fourth-order valence-electron chi connectivity index (χ4n) is 2.33. The van der Waals surface area contributed by atoms with Crippen molar-refractivity contribution >= 4 is 11.6 Å². The minimum atomic E-state index is 0.0187. The van der Waals surface area contributed by atoms with E-state index >= 15 is 0 Å². The van der Waals surface area contributed by atoms with Crippen LogP contribution in [0.25, 0.3) is 11.3 Å². The van der Waals surface area contributed by atoms with Crippen LogP contribution in [-0.2, 0) is 11.3 Å². The van der Waals surface area contributed by atoms with Crippen LogP contribution in [0.1, 0.15) is 6.92 Å². The molecule has 0 atom stereocenters. The van der Waals surface area contributed by atoms with E-state index in [1.54, 1.807) is 18.1 Å². The number of hydrogen-bond acceptors (Lipinski definition) is 3. The summed E-state index contributed by atoms with van der Waals surface area (Å²) in [5, 5.41) is 0. The highest BCUT2D eigenvalue weighted by Gasteiger charge is 2.25. The number of benzene rings is 1. The van der Waals surface area contributed by atoms with Crippen molar-refractivity contribution in [2.75, 3.05) is 18.6 Å². The summed E-state index contributed by atoms with van der Waals surface area (Å²) < 4.78 is 7.31. The van der Waals surface area contributed by atoms with Gasteiger partial charge in [-0.2, -0.15) is 0 Å². The summed E-state index contributed by atoms with van der Waals surface area (Å²) in [7, 11) is 1.79. The molecule has 0 aliphatic carbocycles. The lowest BCUT2D eigenvalue weighted by Crippen LogP contribution is -2.28. The van der Waals surface area contributed by atoms with Crippen LogP contribution < -0.4 is 9.64 Å². The summed E-state index contributed by atoms with van der Waals surface area (Å²) in [6, 6.07) is 8.32. The molecular formula is C14H15N3O2. The van der Waals surface area contributed by atoms with Crippen LogP contribution in [0.15, 0.2) is 30.5 Å². The smallest absolute Gasteiger partial charge is 0.297 e. The third-order valence-electron chi connectivity index (χ3n) is 3.30. The van der Waals surface area contributed by atoms with Crippen LogP contribution >= 0.6 is 0 Å². The van der Waals surface area contributed by atoms with E-state index in [-0.39, 0.29) is 12.5 Å². The van der Waals surface area contributed by atoms with Crippen molar-refractivity contribution in [1.82, 2.24) is 9.55 Å². The molecule has 0 saturated heterocycles. The molecule has 1 aromatic carbocycles. The van der Waals surface area contributed by atoms with Crippen LogP contribution in [0.5, 0.6) is 6.01 Å². The van der Waals surface area contributed by atoms with E-state index in [9.17, 15) is 4.79 Å². The fraction of sp³-hybridized carbons (Fsp3) is 0.286. The number of rotatable bonds is 2. The van der Waals surface area contributed by atoms with Crippen LogP contribution in [-0.4, -0.2) is 29.1 Å². The number of ether oxygens (including phenoxy) is 1. The first-order valence-electron chi connectivity index (χ1n) is 6.26. The number of nitrogens with zero attached hydrogens (tertiary/aromatic N) is 3. The second-order valence-corrected chi connectivity index (χ2v) is 4.42. The molecule has 19 heavy (non-hydrogen) atoms. The van der Waals surface area contributed by atoms with Crippen LogP contribution in [0.3, 0.4) is 0 Å². The minimum absolute atomic E-state index is 0.0187. The number of likely N-dealkylation sites (N-methyl/N-ethyl adjacent to an activating group) is 1. The lowest BCUT2D eigenvalue weighted by Gasteiger charge is -2.16. The Hall–Kier alpha value is -2.30. The lowest BCUT2D eigenvalue weighted by molar-refractivity contribution is -0.118. The third kappa shape index (κ3) is 1.78. The maximum Gasteiger partial charge on any atom is 0.297 e. The molecule has 0 saturated carbocycles. The molecule has 3 rings (SSSR count). The van der Waals surface area contributed by atoms with Gasteiger partial charge in [0.2, 0.25) is 5.91 Å². The Kier molecular flexibility index (Phi) is 2.74. The number of carbonyl (C=O) groups excluding carboxylic acids is 1. The topological polar surface area (TPSA) is 47.4 Å². The van der Waals surface area contributed by atoms with Crippen molar-refractivity contribution in [1.29, 1.82) is 0 Å². The Morgan fingerprint density at radius 3 is 2.95 bits per heavy atom. The van der Waals surface area contributed by atoms with Gasteiger partial charge in [0.15, 0.2) is 0 Å². The number of para-hydroxylation sites is 1. The molecule has 5 nitrogen and oxygen atoms in total. The molecule has 98 valence electrons. The number of aromatic nitrogens is 2. The van der Waals surface area contributed by atoms with Gasteiger partial charge < -0.3 is 9.64 Å². The first-order chi connectivity index (χ1) is 9.22.